The second-order valence-corrected chi connectivity index (χ2v) is 4.74. The van der Waals surface area contributed by atoms with E-state index in [1.54, 1.807) is 12.4 Å². The molecule has 0 aliphatic rings. The summed E-state index contributed by atoms with van der Waals surface area (Å²) in [5.74, 6) is 1.72. The fourth-order valence-electron chi connectivity index (χ4n) is 1.77. The maximum absolute atomic E-state index is 6.07. The molecule has 106 valence electrons. The summed E-state index contributed by atoms with van der Waals surface area (Å²) >= 11 is 12.0. The van der Waals surface area contributed by atoms with Crippen LogP contribution in [0.5, 0.6) is 11.5 Å². The summed E-state index contributed by atoms with van der Waals surface area (Å²) in [4.78, 5) is 3.95. The summed E-state index contributed by atoms with van der Waals surface area (Å²) < 4.78 is 11.4. The predicted molar refractivity (Wildman–Crippen MR) is 80.7 cm³/mol. The fraction of sp³-hybridized carbons (Fsp3) is 0.267. The zero-order valence-corrected chi connectivity index (χ0v) is 12.6. The molecule has 1 aromatic heterocycles. The van der Waals surface area contributed by atoms with E-state index in [0.29, 0.717) is 35.6 Å². The zero-order valence-electron chi connectivity index (χ0n) is 11.1. The molecule has 0 N–H and O–H groups in total. The van der Waals surface area contributed by atoms with Gasteiger partial charge in [-0.05, 0) is 19.1 Å². The van der Waals surface area contributed by atoms with E-state index in [-0.39, 0.29) is 0 Å². The van der Waals surface area contributed by atoms with Gasteiger partial charge in [0.1, 0.15) is 6.61 Å². The van der Waals surface area contributed by atoms with Crippen LogP contribution in [0.1, 0.15) is 18.1 Å². The lowest BCUT2D eigenvalue weighted by molar-refractivity contribution is 0.267. The molecule has 5 heteroatoms. The van der Waals surface area contributed by atoms with Crippen LogP contribution in [0.25, 0.3) is 0 Å². The van der Waals surface area contributed by atoms with Crippen LogP contribution in [0.3, 0.4) is 0 Å². The van der Waals surface area contributed by atoms with Gasteiger partial charge in [0.2, 0.25) is 0 Å². The Hall–Kier alpha value is -1.45. The minimum Gasteiger partial charge on any atom is -0.490 e. The van der Waals surface area contributed by atoms with Gasteiger partial charge in [-0.15, -0.1) is 11.6 Å². The monoisotopic (exact) mass is 311 g/mol. The Balaban J connectivity index is 2.21. The first kappa shape index (κ1) is 14.9. The van der Waals surface area contributed by atoms with E-state index in [9.17, 15) is 0 Å². The van der Waals surface area contributed by atoms with Crippen molar-refractivity contribution >= 4 is 23.2 Å². The highest BCUT2D eigenvalue weighted by molar-refractivity contribution is 6.31. The van der Waals surface area contributed by atoms with Crippen LogP contribution in [0.2, 0.25) is 5.02 Å². The van der Waals surface area contributed by atoms with E-state index >= 15 is 0 Å². The molecule has 3 nitrogen and oxygen atoms in total. The normalized spacial score (nSPS) is 10.3. The Bertz CT molecular complexity index is 576. The third-order valence-electron chi connectivity index (χ3n) is 2.73. The lowest BCUT2D eigenvalue weighted by Crippen LogP contribution is -2.02. The molecule has 0 radical (unpaired) electrons. The molecule has 0 saturated heterocycles. The number of halogens is 2. The van der Waals surface area contributed by atoms with Gasteiger partial charge in [0.15, 0.2) is 11.5 Å². The molecule has 0 aliphatic carbocycles. The number of ether oxygens (including phenoxy) is 2. The average molecular weight is 312 g/mol. The van der Waals surface area contributed by atoms with Crippen molar-refractivity contribution in [3.05, 3.63) is 52.8 Å². The Morgan fingerprint density at radius 2 is 2.00 bits per heavy atom. The number of aromatic nitrogens is 1. The van der Waals surface area contributed by atoms with E-state index in [4.69, 9.17) is 32.7 Å². The first-order valence-electron chi connectivity index (χ1n) is 6.28. The summed E-state index contributed by atoms with van der Waals surface area (Å²) in [5.41, 5.74) is 1.76. The number of alkyl halides is 1. The van der Waals surface area contributed by atoms with Crippen molar-refractivity contribution in [3.8, 4) is 11.5 Å². The third-order valence-corrected chi connectivity index (χ3v) is 3.36. The van der Waals surface area contributed by atoms with Gasteiger partial charge in [0, 0.05) is 23.5 Å². The van der Waals surface area contributed by atoms with Crippen molar-refractivity contribution < 1.29 is 9.47 Å². The molecular formula is C15H15Cl2NO2. The molecule has 1 aromatic carbocycles. The molecule has 0 fully saturated rings. The minimum atomic E-state index is 0.343. The number of hydrogen-bond donors (Lipinski definition) is 0. The summed E-state index contributed by atoms with van der Waals surface area (Å²) in [7, 11) is 0. The SMILES string of the molecule is CCOc1cccc(CCl)c1OCc1ccncc1Cl. The van der Waals surface area contributed by atoms with Gasteiger partial charge < -0.3 is 9.47 Å². The highest BCUT2D eigenvalue weighted by atomic mass is 35.5. The number of para-hydroxylation sites is 1. The lowest BCUT2D eigenvalue weighted by atomic mass is 10.2. The van der Waals surface area contributed by atoms with Crippen molar-refractivity contribution in [1.82, 2.24) is 4.98 Å². The minimum absolute atomic E-state index is 0.343. The molecule has 2 aromatic rings. The van der Waals surface area contributed by atoms with Crippen LogP contribution in [0.4, 0.5) is 0 Å². The summed E-state index contributed by atoms with van der Waals surface area (Å²) in [6.45, 7) is 2.84. The molecule has 0 atom stereocenters. The predicted octanol–water partition coefficient (Wildman–Crippen LogP) is 4.45. The number of benzene rings is 1. The largest absolute Gasteiger partial charge is 0.490 e. The number of rotatable bonds is 6. The van der Waals surface area contributed by atoms with Crippen molar-refractivity contribution in [2.75, 3.05) is 6.61 Å². The molecule has 0 aliphatic heterocycles. The molecule has 0 bridgehead atoms. The average Bonchev–Trinajstić information content (AvgIpc) is 2.47. The van der Waals surface area contributed by atoms with Gasteiger partial charge in [-0.1, -0.05) is 23.7 Å². The second-order valence-electron chi connectivity index (χ2n) is 4.07. The Kier molecular flexibility index (Phi) is 5.50. The summed E-state index contributed by atoms with van der Waals surface area (Å²) in [6.07, 6.45) is 3.28. The highest BCUT2D eigenvalue weighted by Crippen LogP contribution is 2.33. The molecule has 2 rings (SSSR count). The van der Waals surface area contributed by atoms with Crippen LogP contribution >= 0.6 is 23.2 Å². The summed E-state index contributed by atoms with van der Waals surface area (Å²) in [5, 5.41) is 0.578. The van der Waals surface area contributed by atoms with Gasteiger partial charge in [-0.2, -0.15) is 0 Å². The molecular weight excluding hydrogens is 297 g/mol. The number of nitrogens with zero attached hydrogens (tertiary/aromatic N) is 1. The van der Waals surface area contributed by atoms with Gasteiger partial charge in [-0.3, -0.25) is 4.98 Å². The lowest BCUT2D eigenvalue weighted by Gasteiger charge is -2.15. The molecule has 20 heavy (non-hydrogen) atoms. The van der Waals surface area contributed by atoms with Gasteiger partial charge in [0.05, 0.1) is 17.5 Å². The van der Waals surface area contributed by atoms with Crippen LogP contribution < -0.4 is 9.47 Å². The Labute approximate surface area is 128 Å². The third kappa shape index (κ3) is 3.56. The highest BCUT2D eigenvalue weighted by Gasteiger charge is 2.11. The molecule has 0 amide bonds. The molecule has 1 heterocycles. The topological polar surface area (TPSA) is 31.4 Å². The van der Waals surface area contributed by atoms with Crippen molar-refractivity contribution in [1.29, 1.82) is 0 Å². The maximum Gasteiger partial charge on any atom is 0.166 e. The first-order chi connectivity index (χ1) is 9.76. The molecule has 0 unspecified atom stereocenters. The Morgan fingerprint density at radius 3 is 2.70 bits per heavy atom. The van der Waals surface area contributed by atoms with E-state index in [2.05, 4.69) is 4.98 Å². The van der Waals surface area contributed by atoms with E-state index < -0.39 is 0 Å². The first-order valence-corrected chi connectivity index (χ1v) is 7.19. The quantitative estimate of drug-likeness (QED) is 0.738. The smallest absolute Gasteiger partial charge is 0.166 e. The van der Waals surface area contributed by atoms with Crippen molar-refractivity contribution in [3.63, 3.8) is 0 Å². The molecule has 0 saturated carbocycles. The van der Waals surface area contributed by atoms with Gasteiger partial charge >= 0.3 is 0 Å². The van der Waals surface area contributed by atoms with Crippen LogP contribution in [-0.4, -0.2) is 11.6 Å². The number of hydrogen-bond acceptors (Lipinski definition) is 3. The Morgan fingerprint density at radius 1 is 1.15 bits per heavy atom. The number of pyridine rings is 1. The van der Waals surface area contributed by atoms with E-state index in [0.717, 1.165) is 11.1 Å². The van der Waals surface area contributed by atoms with Crippen LogP contribution in [-0.2, 0) is 12.5 Å². The second kappa shape index (κ2) is 7.36. The summed E-state index contributed by atoms with van der Waals surface area (Å²) in [6, 6.07) is 7.50. The van der Waals surface area contributed by atoms with E-state index in [1.807, 2.05) is 31.2 Å². The zero-order chi connectivity index (χ0) is 14.4. The van der Waals surface area contributed by atoms with Crippen LogP contribution in [0.15, 0.2) is 36.7 Å². The van der Waals surface area contributed by atoms with Crippen molar-refractivity contribution in [2.45, 2.75) is 19.4 Å². The molecule has 0 spiro atoms. The van der Waals surface area contributed by atoms with Crippen molar-refractivity contribution in [2.24, 2.45) is 0 Å². The fourth-order valence-corrected chi connectivity index (χ4v) is 2.15. The maximum atomic E-state index is 6.07. The standard InChI is InChI=1S/C15H15Cl2NO2/c1-2-19-14-5-3-4-11(8-16)15(14)20-10-12-6-7-18-9-13(12)17/h3-7,9H,2,8,10H2,1H3. The van der Waals surface area contributed by atoms with Gasteiger partial charge in [0.25, 0.3) is 0 Å². The van der Waals surface area contributed by atoms with E-state index in [1.165, 1.54) is 0 Å². The van der Waals surface area contributed by atoms with Gasteiger partial charge in [-0.25, -0.2) is 0 Å². The van der Waals surface area contributed by atoms with Crippen LogP contribution in [0, 0.1) is 0 Å².